The van der Waals surface area contributed by atoms with Crippen molar-refractivity contribution >= 4 is 23.4 Å². The summed E-state index contributed by atoms with van der Waals surface area (Å²) < 4.78 is 5.46. The van der Waals surface area contributed by atoms with E-state index in [4.69, 9.17) is 16.0 Å². The normalized spacial score (nSPS) is 19.0. The predicted molar refractivity (Wildman–Crippen MR) is 90.9 cm³/mol. The van der Waals surface area contributed by atoms with E-state index in [-0.39, 0.29) is 29.4 Å². The first-order chi connectivity index (χ1) is 11.5. The Morgan fingerprint density at radius 3 is 2.62 bits per heavy atom. The Balaban J connectivity index is 1.59. The molecule has 126 valence electrons. The number of benzene rings is 1. The molecule has 1 aromatic carbocycles. The molecule has 1 saturated carbocycles. The van der Waals surface area contributed by atoms with Crippen LogP contribution in [0.1, 0.15) is 34.2 Å². The van der Waals surface area contributed by atoms with Crippen LogP contribution < -0.4 is 5.32 Å². The van der Waals surface area contributed by atoms with Crippen LogP contribution in [0.5, 0.6) is 0 Å². The van der Waals surface area contributed by atoms with Crippen LogP contribution in [0.15, 0.2) is 40.8 Å². The van der Waals surface area contributed by atoms with E-state index in [1.165, 1.54) is 0 Å². The molecule has 1 aromatic heterocycles. The van der Waals surface area contributed by atoms with Crippen LogP contribution in [-0.2, 0) is 11.3 Å². The SMILES string of the molecule is CNC(=O)c1ccc(CN(C)C(=O)[C@@H]2C[C@@H]2c2ccc(Cl)cc2)o1. The Labute approximate surface area is 145 Å². The Morgan fingerprint density at radius 1 is 1.25 bits per heavy atom. The fourth-order valence-corrected chi connectivity index (χ4v) is 2.98. The minimum absolute atomic E-state index is 0.00421. The van der Waals surface area contributed by atoms with Gasteiger partial charge in [-0.1, -0.05) is 23.7 Å². The van der Waals surface area contributed by atoms with Crippen LogP contribution in [-0.4, -0.2) is 30.8 Å². The number of nitrogens with zero attached hydrogens (tertiary/aromatic N) is 1. The molecule has 0 bridgehead atoms. The molecule has 1 aliphatic rings. The van der Waals surface area contributed by atoms with Gasteiger partial charge >= 0.3 is 0 Å². The molecule has 0 unspecified atom stereocenters. The Bertz CT molecular complexity index is 754. The van der Waals surface area contributed by atoms with E-state index in [1.807, 2.05) is 24.3 Å². The average Bonchev–Trinajstić information content (AvgIpc) is 3.25. The average molecular weight is 347 g/mol. The number of carbonyl (C=O) groups is 2. The topological polar surface area (TPSA) is 62.6 Å². The predicted octanol–water partition coefficient (Wildman–Crippen LogP) is 3.05. The fourth-order valence-electron chi connectivity index (χ4n) is 2.85. The van der Waals surface area contributed by atoms with Gasteiger partial charge in [0.15, 0.2) is 5.76 Å². The number of hydrogen-bond donors (Lipinski definition) is 1. The van der Waals surface area contributed by atoms with Crippen molar-refractivity contribution in [3.63, 3.8) is 0 Å². The Hall–Kier alpha value is -2.27. The van der Waals surface area contributed by atoms with Crippen molar-refractivity contribution in [3.8, 4) is 0 Å². The summed E-state index contributed by atoms with van der Waals surface area (Å²) >= 11 is 5.90. The molecule has 3 rings (SSSR count). The van der Waals surface area contributed by atoms with Crippen LogP contribution in [0.2, 0.25) is 5.02 Å². The van der Waals surface area contributed by atoms with Gasteiger partial charge in [0, 0.05) is 25.0 Å². The van der Waals surface area contributed by atoms with E-state index >= 15 is 0 Å². The summed E-state index contributed by atoms with van der Waals surface area (Å²) in [7, 11) is 3.30. The maximum absolute atomic E-state index is 12.5. The standard InChI is InChI=1S/C18H19ClN2O3/c1-20-17(22)16-8-7-13(24-16)10-21(2)18(23)15-9-14(15)11-3-5-12(19)6-4-11/h3-8,14-15H,9-10H2,1-2H3,(H,20,22)/t14-,15-/m1/s1. The van der Waals surface area contributed by atoms with Crippen LogP contribution in [0.4, 0.5) is 0 Å². The van der Waals surface area contributed by atoms with Gasteiger partial charge in [-0.2, -0.15) is 0 Å². The smallest absolute Gasteiger partial charge is 0.286 e. The lowest BCUT2D eigenvalue weighted by Crippen LogP contribution is -2.27. The molecule has 1 N–H and O–H groups in total. The summed E-state index contributed by atoms with van der Waals surface area (Å²) in [5.41, 5.74) is 1.14. The molecule has 0 saturated heterocycles. The van der Waals surface area contributed by atoms with Gasteiger partial charge in [-0.15, -0.1) is 0 Å². The summed E-state index contributed by atoms with van der Waals surface area (Å²) in [6.07, 6.45) is 0.854. The molecule has 0 spiro atoms. The molecule has 24 heavy (non-hydrogen) atoms. The zero-order valence-electron chi connectivity index (χ0n) is 13.6. The van der Waals surface area contributed by atoms with E-state index in [0.29, 0.717) is 17.3 Å². The minimum Gasteiger partial charge on any atom is -0.454 e. The second-order valence-corrected chi connectivity index (χ2v) is 6.48. The second-order valence-electron chi connectivity index (χ2n) is 6.04. The summed E-state index contributed by atoms with van der Waals surface area (Å²) in [5.74, 6) is 0.916. The van der Waals surface area contributed by atoms with Gasteiger partial charge in [0.1, 0.15) is 5.76 Å². The second kappa shape index (κ2) is 6.69. The number of nitrogens with one attached hydrogen (secondary N) is 1. The van der Waals surface area contributed by atoms with Crippen molar-refractivity contribution < 1.29 is 14.0 Å². The van der Waals surface area contributed by atoms with Crippen LogP contribution in [0.3, 0.4) is 0 Å². The third-order valence-electron chi connectivity index (χ3n) is 4.29. The summed E-state index contributed by atoms with van der Waals surface area (Å²) in [4.78, 5) is 25.7. The molecule has 0 aliphatic heterocycles. The molecule has 1 heterocycles. The number of amides is 2. The molecule has 1 aliphatic carbocycles. The number of rotatable bonds is 5. The third-order valence-corrected chi connectivity index (χ3v) is 4.54. The van der Waals surface area contributed by atoms with Gasteiger partial charge in [0.05, 0.1) is 6.54 Å². The van der Waals surface area contributed by atoms with Crippen molar-refractivity contribution in [2.24, 2.45) is 5.92 Å². The van der Waals surface area contributed by atoms with E-state index in [2.05, 4.69) is 5.32 Å². The zero-order valence-corrected chi connectivity index (χ0v) is 14.3. The highest BCUT2D eigenvalue weighted by Gasteiger charge is 2.45. The van der Waals surface area contributed by atoms with E-state index < -0.39 is 0 Å². The zero-order chi connectivity index (χ0) is 17.3. The van der Waals surface area contributed by atoms with E-state index in [9.17, 15) is 9.59 Å². The lowest BCUT2D eigenvalue weighted by Gasteiger charge is -2.15. The first-order valence-electron chi connectivity index (χ1n) is 7.81. The van der Waals surface area contributed by atoms with Crippen molar-refractivity contribution in [2.45, 2.75) is 18.9 Å². The van der Waals surface area contributed by atoms with Crippen LogP contribution in [0, 0.1) is 5.92 Å². The highest BCUT2D eigenvalue weighted by molar-refractivity contribution is 6.30. The van der Waals surface area contributed by atoms with Gasteiger partial charge < -0.3 is 14.6 Å². The molecule has 0 radical (unpaired) electrons. The Morgan fingerprint density at radius 2 is 1.96 bits per heavy atom. The summed E-state index contributed by atoms with van der Waals surface area (Å²) in [5, 5.41) is 3.20. The first-order valence-corrected chi connectivity index (χ1v) is 8.18. The fraction of sp³-hybridized carbons (Fsp3) is 0.333. The molecule has 6 heteroatoms. The summed E-state index contributed by atoms with van der Waals surface area (Å²) in [6, 6.07) is 11.0. The number of furan rings is 1. The van der Waals surface area contributed by atoms with Crippen molar-refractivity contribution in [1.82, 2.24) is 10.2 Å². The van der Waals surface area contributed by atoms with Crippen LogP contribution >= 0.6 is 11.6 Å². The summed E-state index contributed by atoms with van der Waals surface area (Å²) in [6.45, 7) is 0.347. The van der Waals surface area contributed by atoms with Crippen molar-refractivity contribution in [1.29, 1.82) is 0 Å². The van der Waals surface area contributed by atoms with Gasteiger partial charge in [0.25, 0.3) is 5.91 Å². The quantitative estimate of drug-likeness (QED) is 0.905. The molecule has 1 fully saturated rings. The van der Waals surface area contributed by atoms with Crippen LogP contribution in [0.25, 0.3) is 0 Å². The molecule has 2 atom stereocenters. The minimum atomic E-state index is -0.278. The van der Waals surface area contributed by atoms with Gasteiger partial charge in [-0.05, 0) is 42.2 Å². The number of carbonyl (C=O) groups excluding carboxylic acids is 2. The van der Waals surface area contributed by atoms with Gasteiger partial charge in [0.2, 0.25) is 5.91 Å². The third kappa shape index (κ3) is 3.46. The van der Waals surface area contributed by atoms with Gasteiger partial charge in [-0.25, -0.2) is 0 Å². The first kappa shape index (κ1) is 16.6. The molecular weight excluding hydrogens is 328 g/mol. The highest BCUT2D eigenvalue weighted by atomic mass is 35.5. The maximum Gasteiger partial charge on any atom is 0.286 e. The molecule has 2 aromatic rings. The largest absolute Gasteiger partial charge is 0.454 e. The lowest BCUT2D eigenvalue weighted by molar-refractivity contribution is -0.132. The monoisotopic (exact) mass is 346 g/mol. The lowest BCUT2D eigenvalue weighted by atomic mass is 10.1. The van der Waals surface area contributed by atoms with E-state index in [1.54, 1.807) is 31.1 Å². The van der Waals surface area contributed by atoms with E-state index in [0.717, 1.165) is 12.0 Å². The Kier molecular flexibility index (Phi) is 4.62. The highest BCUT2D eigenvalue weighted by Crippen LogP contribution is 2.48. The maximum atomic E-state index is 12.5. The van der Waals surface area contributed by atoms with Gasteiger partial charge in [-0.3, -0.25) is 9.59 Å². The molecular formula is C18H19ClN2O3. The molecule has 5 nitrogen and oxygen atoms in total. The van der Waals surface area contributed by atoms with Crippen molar-refractivity contribution in [2.75, 3.05) is 14.1 Å². The number of hydrogen-bond acceptors (Lipinski definition) is 3. The number of halogens is 1. The van der Waals surface area contributed by atoms with Crippen molar-refractivity contribution in [3.05, 3.63) is 58.5 Å². The molecule has 2 amide bonds.